The fraction of sp³-hybridized carbons (Fsp3) is 0.429. The molecule has 0 saturated heterocycles. The van der Waals surface area contributed by atoms with E-state index < -0.39 is 0 Å². The van der Waals surface area contributed by atoms with Gasteiger partial charge in [-0.3, -0.25) is 9.59 Å². The number of hydrogen-bond donors (Lipinski definition) is 2. The Morgan fingerprint density at radius 2 is 1.95 bits per heavy atom. The fourth-order valence-corrected chi connectivity index (χ4v) is 1.95. The lowest BCUT2D eigenvalue weighted by Gasteiger charge is -2.18. The van der Waals surface area contributed by atoms with Crippen molar-refractivity contribution in [3.8, 4) is 5.75 Å². The van der Waals surface area contributed by atoms with Gasteiger partial charge in [0, 0.05) is 31.6 Å². The summed E-state index contributed by atoms with van der Waals surface area (Å²) in [7, 11) is 0. The molecule has 0 bridgehead atoms. The van der Waals surface area contributed by atoms with Crippen LogP contribution in [0.25, 0.3) is 0 Å². The Kier molecular flexibility index (Phi) is 6.31. The molecular weight excluding hydrogens is 280 g/mol. The van der Waals surface area contributed by atoms with Crippen LogP contribution in [0.5, 0.6) is 5.75 Å². The Morgan fingerprint density at radius 3 is 2.50 bits per heavy atom. The highest BCUT2D eigenvalue weighted by molar-refractivity contribution is 6.32. The molecule has 110 valence electrons. The van der Waals surface area contributed by atoms with Crippen LogP contribution in [0.15, 0.2) is 18.2 Å². The van der Waals surface area contributed by atoms with Crippen molar-refractivity contribution in [2.45, 2.75) is 20.3 Å². The number of phenolic OH excluding ortho intramolecular Hbond substituents is 1. The molecule has 0 unspecified atom stereocenters. The van der Waals surface area contributed by atoms with Crippen LogP contribution in [0.2, 0.25) is 5.02 Å². The Labute approximate surface area is 123 Å². The summed E-state index contributed by atoms with van der Waals surface area (Å²) in [6.07, 6.45) is 0.263. The van der Waals surface area contributed by atoms with Gasteiger partial charge < -0.3 is 15.3 Å². The maximum Gasteiger partial charge on any atom is 0.251 e. The Bertz CT molecular complexity index is 487. The number of carbonyl (C=O) groups is 2. The number of rotatable bonds is 6. The summed E-state index contributed by atoms with van der Waals surface area (Å²) >= 11 is 5.73. The molecule has 1 aromatic carbocycles. The third-order valence-electron chi connectivity index (χ3n) is 2.95. The Balaban J connectivity index is 2.47. The summed E-state index contributed by atoms with van der Waals surface area (Å²) < 4.78 is 0. The number of nitrogens with zero attached hydrogens (tertiary/aromatic N) is 1. The number of amides is 2. The van der Waals surface area contributed by atoms with Crippen LogP contribution in [0.4, 0.5) is 0 Å². The summed E-state index contributed by atoms with van der Waals surface area (Å²) in [5, 5.41) is 12.1. The van der Waals surface area contributed by atoms with E-state index in [-0.39, 0.29) is 35.6 Å². The first-order chi connectivity index (χ1) is 9.49. The molecule has 0 aromatic heterocycles. The van der Waals surface area contributed by atoms with Crippen LogP contribution < -0.4 is 5.32 Å². The maximum absolute atomic E-state index is 11.8. The molecule has 2 amide bonds. The zero-order valence-electron chi connectivity index (χ0n) is 11.6. The lowest BCUT2D eigenvalue weighted by Crippen LogP contribution is -2.34. The van der Waals surface area contributed by atoms with Gasteiger partial charge in [-0.05, 0) is 32.0 Å². The Morgan fingerprint density at radius 1 is 1.30 bits per heavy atom. The lowest BCUT2D eigenvalue weighted by molar-refractivity contribution is -0.130. The predicted octanol–water partition coefficient (Wildman–Crippen LogP) is 2.03. The van der Waals surface area contributed by atoms with Crippen molar-refractivity contribution >= 4 is 23.4 Å². The minimum Gasteiger partial charge on any atom is -0.506 e. The van der Waals surface area contributed by atoms with E-state index in [2.05, 4.69) is 5.32 Å². The molecule has 0 aliphatic heterocycles. The second-order valence-corrected chi connectivity index (χ2v) is 4.65. The van der Waals surface area contributed by atoms with Crippen LogP contribution in [0, 0.1) is 0 Å². The fourth-order valence-electron chi connectivity index (χ4n) is 1.77. The van der Waals surface area contributed by atoms with Crippen molar-refractivity contribution in [2.75, 3.05) is 19.6 Å². The van der Waals surface area contributed by atoms with Gasteiger partial charge in [0.25, 0.3) is 5.91 Å². The normalized spacial score (nSPS) is 10.2. The van der Waals surface area contributed by atoms with Crippen LogP contribution in [0.3, 0.4) is 0 Å². The average Bonchev–Trinajstić information content (AvgIpc) is 2.43. The molecular formula is C14H19ClN2O3. The first kappa shape index (κ1) is 16.3. The molecule has 0 saturated carbocycles. The van der Waals surface area contributed by atoms with Gasteiger partial charge in [0.2, 0.25) is 5.91 Å². The molecule has 20 heavy (non-hydrogen) atoms. The molecule has 0 aliphatic rings. The number of carbonyl (C=O) groups excluding carboxylic acids is 2. The van der Waals surface area contributed by atoms with Crippen LogP contribution in [-0.4, -0.2) is 41.5 Å². The summed E-state index contributed by atoms with van der Waals surface area (Å²) in [6.45, 7) is 5.43. The maximum atomic E-state index is 11.8. The van der Waals surface area contributed by atoms with Gasteiger partial charge in [-0.1, -0.05) is 11.6 Å². The standard InChI is InChI=1S/C14H19ClN2O3/c1-3-17(4-2)13(19)7-8-16-14(20)10-5-6-12(18)11(15)9-10/h5-6,9,18H,3-4,7-8H2,1-2H3,(H,16,20). The highest BCUT2D eigenvalue weighted by Gasteiger charge is 2.11. The van der Waals surface area contributed by atoms with Gasteiger partial charge in [0.05, 0.1) is 5.02 Å². The number of halogens is 1. The first-order valence-electron chi connectivity index (χ1n) is 6.54. The van der Waals surface area contributed by atoms with E-state index >= 15 is 0 Å². The molecule has 1 aromatic rings. The van der Waals surface area contributed by atoms with E-state index in [0.717, 1.165) is 0 Å². The molecule has 6 heteroatoms. The molecule has 0 radical (unpaired) electrons. The molecule has 0 fully saturated rings. The molecule has 0 atom stereocenters. The van der Waals surface area contributed by atoms with Crippen molar-refractivity contribution in [1.29, 1.82) is 0 Å². The molecule has 0 heterocycles. The van der Waals surface area contributed by atoms with Crippen molar-refractivity contribution < 1.29 is 14.7 Å². The smallest absolute Gasteiger partial charge is 0.251 e. The van der Waals surface area contributed by atoms with E-state index in [9.17, 15) is 14.7 Å². The van der Waals surface area contributed by atoms with Crippen molar-refractivity contribution in [3.05, 3.63) is 28.8 Å². The third kappa shape index (κ3) is 4.42. The quantitative estimate of drug-likeness (QED) is 0.844. The molecule has 2 N–H and O–H groups in total. The van der Waals surface area contributed by atoms with E-state index in [0.29, 0.717) is 18.7 Å². The minimum absolute atomic E-state index is 0.0130. The average molecular weight is 299 g/mol. The van der Waals surface area contributed by atoms with E-state index in [1.807, 2.05) is 13.8 Å². The van der Waals surface area contributed by atoms with Gasteiger partial charge in [0.15, 0.2) is 0 Å². The van der Waals surface area contributed by atoms with Crippen LogP contribution >= 0.6 is 11.6 Å². The molecule has 0 aliphatic carbocycles. The van der Waals surface area contributed by atoms with Gasteiger partial charge >= 0.3 is 0 Å². The third-order valence-corrected chi connectivity index (χ3v) is 3.25. The molecule has 0 spiro atoms. The number of phenols is 1. The van der Waals surface area contributed by atoms with E-state index in [1.54, 1.807) is 4.90 Å². The zero-order valence-corrected chi connectivity index (χ0v) is 12.4. The van der Waals surface area contributed by atoms with E-state index in [1.165, 1.54) is 18.2 Å². The number of benzene rings is 1. The number of nitrogens with one attached hydrogen (secondary N) is 1. The summed E-state index contributed by atoms with van der Waals surface area (Å²) in [6, 6.07) is 4.22. The van der Waals surface area contributed by atoms with Gasteiger partial charge in [-0.2, -0.15) is 0 Å². The number of aromatic hydroxyl groups is 1. The topological polar surface area (TPSA) is 69.6 Å². The summed E-state index contributed by atoms with van der Waals surface area (Å²) in [4.78, 5) is 25.3. The number of hydrogen-bond acceptors (Lipinski definition) is 3. The monoisotopic (exact) mass is 298 g/mol. The van der Waals surface area contributed by atoms with Crippen molar-refractivity contribution in [2.24, 2.45) is 0 Å². The highest BCUT2D eigenvalue weighted by atomic mass is 35.5. The van der Waals surface area contributed by atoms with Gasteiger partial charge in [-0.15, -0.1) is 0 Å². The predicted molar refractivity (Wildman–Crippen MR) is 78.0 cm³/mol. The van der Waals surface area contributed by atoms with E-state index in [4.69, 9.17) is 11.6 Å². The highest BCUT2D eigenvalue weighted by Crippen LogP contribution is 2.23. The summed E-state index contributed by atoms with van der Waals surface area (Å²) in [5.74, 6) is -0.377. The van der Waals surface area contributed by atoms with Gasteiger partial charge in [-0.25, -0.2) is 0 Å². The summed E-state index contributed by atoms with van der Waals surface area (Å²) in [5.41, 5.74) is 0.350. The first-order valence-corrected chi connectivity index (χ1v) is 6.91. The zero-order chi connectivity index (χ0) is 15.1. The second kappa shape index (κ2) is 7.75. The molecule has 5 nitrogen and oxygen atoms in total. The minimum atomic E-state index is -0.320. The van der Waals surface area contributed by atoms with Crippen molar-refractivity contribution in [1.82, 2.24) is 10.2 Å². The van der Waals surface area contributed by atoms with Gasteiger partial charge in [0.1, 0.15) is 5.75 Å². The second-order valence-electron chi connectivity index (χ2n) is 4.24. The lowest BCUT2D eigenvalue weighted by atomic mass is 10.2. The van der Waals surface area contributed by atoms with Crippen LogP contribution in [0.1, 0.15) is 30.6 Å². The largest absolute Gasteiger partial charge is 0.506 e. The SMILES string of the molecule is CCN(CC)C(=O)CCNC(=O)c1ccc(O)c(Cl)c1. The van der Waals surface area contributed by atoms with Crippen LogP contribution in [-0.2, 0) is 4.79 Å². The Hall–Kier alpha value is -1.75. The van der Waals surface area contributed by atoms with Crippen molar-refractivity contribution in [3.63, 3.8) is 0 Å². The molecule has 1 rings (SSSR count).